The van der Waals surface area contributed by atoms with Gasteiger partial charge in [0.25, 0.3) is 5.56 Å². The molecule has 0 unspecified atom stereocenters. The molecular formula is C23H21ClN6O4S. The summed E-state index contributed by atoms with van der Waals surface area (Å²) in [5, 5.41) is 12.3. The first kappa shape index (κ1) is 24.3. The number of anilines is 1. The third kappa shape index (κ3) is 6.40. The molecule has 0 atom stereocenters. The first-order valence-electron chi connectivity index (χ1n) is 10.6. The van der Waals surface area contributed by atoms with Crippen LogP contribution in [0.25, 0.3) is 5.69 Å². The number of aromatic nitrogens is 5. The molecule has 0 saturated carbocycles. The monoisotopic (exact) mass is 512 g/mol. The van der Waals surface area contributed by atoms with E-state index in [2.05, 4.69) is 25.5 Å². The second kappa shape index (κ2) is 11.1. The highest BCUT2D eigenvalue weighted by Crippen LogP contribution is 2.25. The van der Waals surface area contributed by atoms with Crippen LogP contribution in [0.15, 0.2) is 69.3 Å². The summed E-state index contributed by atoms with van der Waals surface area (Å²) in [6.45, 7) is 2.47. The Morgan fingerprint density at radius 1 is 1.09 bits per heavy atom. The summed E-state index contributed by atoms with van der Waals surface area (Å²) >= 11 is 7.24. The summed E-state index contributed by atoms with van der Waals surface area (Å²) in [7, 11) is 0. The summed E-state index contributed by atoms with van der Waals surface area (Å²) in [5.41, 5.74) is 0.631. The second-order valence-electron chi connectivity index (χ2n) is 7.29. The number of carbonyl (C=O) groups excluding carboxylic acids is 1. The highest BCUT2D eigenvalue weighted by molar-refractivity contribution is 7.99. The van der Waals surface area contributed by atoms with E-state index in [0.29, 0.717) is 34.0 Å². The number of hydrogen-bond donors (Lipinski definition) is 3. The zero-order valence-electron chi connectivity index (χ0n) is 18.6. The number of nitrogens with zero attached hydrogens (tertiary/aromatic N) is 3. The van der Waals surface area contributed by atoms with Crippen LogP contribution in [0.4, 0.5) is 5.69 Å². The van der Waals surface area contributed by atoms with E-state index in [1.165, 1.54) is 17.8 Å². The van der Waals surface area contributed by atoms with Crippen molar-refractivity contribution in [3.63, 3.8) is 0 Å². The Hall–Kier alpha value is -3.83. The molecule has 12 heteroatoms. The number of halogens is 1. The van der Waals surface area contributed by atoms with Crippen LogP contribution in [0.5, 0.6) is 5.75 Å². The molecule has 0 aliphatic heterocycles. The SMILES string of the molecule is CCOc1ccc(NC(=O)CSc2nnc(Cc3cc(=O)[nH]c(=O)[nH]3)n2-c2ccc(Cl)cc2)cc1. The molecule has 0 saturated heterocycles. The molecule has 0 fully saturated rings. The van der Waals surface area contributed by atoms with Crippen molar-refractivity contribution in [2.24, 2.45) is 0 Å². The minimum absolute atomic E-state index is 0.0841. The number of carbonyl (C=O) groups is 1. The van der Waals surface area contributed by atoms with E-state index in [9.17, 15) is 14.4 Å². The number of amides is 1. The van der Waals surface area contributed by atoms with Gasteiger partial charge in [-0.1, -0.05) is 23.4 Å². The average Bonchev–Trinajstić information content (AvgIpc) is 3.21. The molecule has 0 aliphatic rings. The number of nitrogens with one attached hydrogen (secondary N) is 3. The second-order valence-corrected chi connectivity index (χ2v) is 8.67. The molecular weight excluding hydrogens is 492 g/mol. The molecule has 2 aromatic carbocycles. The van der Waals surface area contributed by atoms with Crippen molar-refractivity contribution in [2.45, 2.75) is 18.5 Å². The van der Waals surface area contributed by atoms with Gasteiger partial charge in [0.05, 0.1) is 12.4 Å². The molecule has 0 radical (unpaired) electrons. The number of benzene rings is 2. The molecule has 4 rings (SSSR count). The fourth-order valence-corrected chi connectivity index (χ4v) is 4.17. The van der Waals surface area contributed by atoms with E-state index in [1.54, 1.807) is 53.1 Å². The fourth-order valence-electron chi connectivity index (χ4n) is 3.27. The Morgan fingerprint density at radius 3 is 2.51 bits per heavy atom. The molecule has 0 spiro atoms. The van der Waals surface area contributed by atoms with E-state index in [-0.39, 0.29) is 18.1 Å². The third-order valence-corrected chi connectivity index (χ3v) is 5.91. The van der Waals surface area contributed by atoms with Gasteiger partial charge >= 0.3 is 5.69 Å². The van der Waals surface area contributed by atoms with Gasteiger partial charge in [-0.2, -0.15) is 0 Å². The minimum atomic E-state index is -0.606. The lowest BCUT2D eigenvalue weighted by Gasteiger charge is -2.11. The summed E-state index contributed by atoms with van der Waals surface area (Å²) in [6, 6.07) is 15.4. The van der Waals surface area contributed by atoms with Gasteiger partial charge < -0.3 is 15.0 Å². The Bertz CT molecular complexity index is 1400. The van der Waals surface area contributed by atoms with Crippen LogP contribution in [0, 0.1) is 0 Å². The van der Waals surface area contributed by atoms with Crippen LogP contribution < -0.4 is 21.3 Å². The van der Waals surface area contributed by atoms with E-state index in [1.807, 2.05) is 6.92 Å². The van der Waals surface area contributed by atoms with Gasteiger partial charge in [0.15, 0.2) is 5.16 Å². The number of H-pyrrole nitrogens is 2. The van der Waals surface area contributed by atoms with Crippen molar-refractivity contribution >= 4 is 35.0 Å². The first-order valence-corrected chi connectivity index (χ1v) is 12.0. The zero-order chi connectivity index (χ0) is 24.8. The van der Waals surface area contributed by atoms with Crippen molar-refractivity contribution in [1.29, 1.82) is 0 Å². The molecule has 0 aliphatic carbocycles. The predicted octanol–water partition coefficient (Wildman–Crippen LogP) is 3.02. The summed E-state index contributed by atoms with van der Waals surface area (Å²) in [4.78, 5) is 40.6. The number of thioether (sulfide) groups is 1. The van der Waals surface area contributed by atoms with Crippen molar-refractivity contribution in [3.05, 3.63) is 92.0 Å². The fraction of sp³-hybridized carbons (Fsp3) is 0.174. The van der Waals surface area contributed by atoms with E-state index >= 15 is 0 Å². The predicted molar refractivity (Wildman–Crippen MR) is 134 cm³/mol. The topological polar surface area (TPSA) is 135 Å². The quantitative estimate of drug-likeness (QED) is 0.293. The maximum atomic E-state index is 12.5. The molecule has 35 heavy (non-hydrogen) atoms. The summed E-state index contributed by atoms with van der Waals surface area (Å²) < 4.78 is 7.16. The largest absolute Gasteiger partial charge is 0.494 e. The van der Waals surface area contributed by atoms with Gasteiger partial charge in [-0.05, 0) is 55.5 Å². The molecule has 10 nitrogen and oxygen atoms in total. The van der Waals surface area contributed by atoms with Crippen LogP contribution >= 0.6 is 23.4 Å². The van der Waals surface area contributed by atoms with E-state index in [0.717, 1.165) is 11.4 Å². The standard InChI is InChI=1S/C23H21ClN6O4S/c1-2-34-18-9-5-15(6-10-18)25-21(32)13-35-23-29-28-19(11-16-12-20(31)27-22(33)26-16)30(23)17-7-3-14(24)4-8-17/h3-10,12H,2,11,13H2,1H3,(H,25,32)(H2,26,27,31,33). The van der Waals surface area contributed by atoms with Gasteiger partial charge in [-0.15, -0.1) is 10.2 Å². The van der Waals surface area contributed by atoms with Crippen molar-refractivity contribution < 1.29 is 9.53 Å². The third-order valence-electron chi connectivity index (χ3n) is 4.73. The lowest BCUT2D eigenvalue weighted by atomic mass is 10.2. The van der Waals surface area contributed by atoms with Crippen molar-refractivity contribution in [3.8, 4) is 11.4 Å². The van der Waals surface area contributed by atoms with E-state index < -0.39 is 11.2 Å². The number of ether oxygens (including phenoxy) is 1. The zero-order valence-corrected chi connectivity index (χ0v) is 20.2. The Kier molecular flexibility index (Phi) is 7.68. The lowest BCUT2D eigenvalue weighted by Crippen LogP contribution is -2.23. The van der Waals surface area contributed by atoms with Crippen LogP contribution in [0.1, 0.15) is 18.4 Å². The van der Waals surface area contributed by atoms with Crippen LogP contribution in [-0.4, -0.2) is 43.0 Å². The highest BCUT2D eigenvalue weighted by Gasteiger charge is 2.17. The Labute approximate surface area is 208 Å². The van der Waals surface area contributed by atoms with Gasteiger partial charge in [-0.3, -0.25) is 19.1 Å². The van der Waals surface area contributed by atoms with Crippen LogP contribution in [0.3, 0.4) is 0 Å². The average molecular weight is 513 g/mol. The maximum absolute atomic E-state index is 12.5. The van der Waals surface area contributed by atoms with Gasteiger partial charge in [0.2, 0.25) is 5.91 Å². The first-order chi connectivity index (χ1) is 16.9. The molecule has 3 N–H and O–H groups in total. The van der Waals surface area contributed by atoms with Gasteiger partial charge in [0.1, 0.15) is 11.6 Å². The van der Waals surface area contributed by atoms with Gasteiger partial charge in [0, 0.05) is 34.6 Å². The minimum Gasteiger partial charge on any atom is -0.494 e. The molecule has 2 heterocycles. The maximum Gasteiger partial charge on any atom is 0.325 e. The summed E-state index contributed by atoms with van der Waals surface area (Å²) in [5.74, 6) is 1.07. The summed E-state index contributed by atoms with van der Waals surface area (Å²) in [6.07, 6.45) is 0.147. The van der Waals surface area contributed by atoms with Crippen molar-refractivity contribution in [2.75, 3.05) is 17.7 Å². The Balaban J connectivity index is 1.53. The number of rotatable bonds is 9. The van der Waals surface area contributed by atoms with E-state index in [4.69, 9.17) is 16.3 Å². The van der Waals surface area contributed by atoms with Crippen LogP contribution in [0.2, 0.25) is 5.02 Å². The van der Waals surface area contributed by atoms with Crippen LogP contribution in [-0.2, 0) is 11.2 Å². The van der Waals surface area contributed by atoms with Crippen molar-refractivity contribution in [1.82, 2.24) is 24.7 Å². The molecule has 4 aromatic rings. The molecule has 0 bridgehead atoms. The normalized spacial score (nSPS) is 10.8. The highest BCUT2D eigenvalue weighted by atomic mass is 35.5. The molecule has 1 amide bonds. The lowest BCUT2D eigenvalue weighted by molar-refractivity contribution is -0.113. The number of aromatic amines is 2. The number of hydrogen-bond acceptors (Lipinski definition) is 7. The van der Waals surface area contributed by atoms with Gasteiger partial charge in [-0.25, -0.2) is 4.79 Å². The smallest absolute Gasteiger partial charge is 0.325 e. The molecule has 180 valence electrons. The Morgan fingerprint density at radius 2 is 1.83 bits per heavy atom. The molecule has 2 aromatic heterocycles.